The first-order valence-electron chi connectivity index (χ1n) is 9.42. The standard InChI is InChI=1S/C24H19NO5/c1-29-20-13-7-5-11-17(20)19(26)15-25-23(27)18-12-6-8-14-21(18)30-22(24(25)28)16-9-3-2-4-10-16/h2-14,22H,15H2,1H3/t22-/m1/s1. The van der Waals surface area contributed by atoms with E-state index in [4.69, 9.17) is 9.47 Å². The lowest BCUT2D eigenvalue weighted by atomic mass is 10.1. The van der Waals surface area contributed by atoms with E-state index in [1.54, 1.807) is 72.8 Å². The first kappa shape index (κ1) is 19.4. The summed E-state index contributed by atoms with van der Waals surface area (Å²) in [5.41, 5.74) is 1.13. The number of benzene rings is 3. The molecule has 3 aromatic rings. The number of fused-ring (bicyclic) bond motifs is 1. The lowest BCUT2D eigenvalue weighted by Gasteiger charge is -2.22. The highest BCUT2D eigenvalue weighted by molar-refractivity contribution is 6.12. The highest BCUT2D eigenvalue weighted by Gasteiger charge is 2.38. The predicted molar refractivity (Wildman–Crippen MR) is 110 cm³/mol. The van der Waals surface area contributed by atoms with Crippen LogP contribution in [0.5, 0.6) is 11.5 Å². The molecule has 0 fully saturated rings. The third-order valence-corrected chi connectivity index (χ3v) is 4.91. The molecule has 6 nitrogen and oxygen atoms in total. The number of para-hydroxylation sites is 2. The quantitative estimate of drug-likeness (QED) is 0.482. The van der Waals surface area contributed by atoms with E-state index in [1.165, 1.54) is 7.11 Å². The zero-order valence-electron chi connectivity index (χ0n) is 16.3. The number of hydrogen-bond donors (Lipinski definition) is 0. The molecule has 0 saturated carbocycles. The van der Waals surface area contributed by atoms with Crippen LogP contribution in [0.1, 0.15) is 32.4 Å². The number of carbonyl (C=O) groups excluding carboxylic acids is 3. The van der Waals surface area contributed by atoms with Gasteiger partial charge in [-0.2, -0.15) is 0 Å². The highest BCUT2D eigenvalue weighted by Crippen LogP contribution is 2.32. The van der Waals surface area contributed by atoms with Gasteiger partial charge in [0, 0.05) is 5.56 Å². The number of rotatable bonds is 5. The molecule has 0 unspecified atom stereocenters. The molecule has 0 spiro atoms. The van der Waals surface area contributed by atoms with Crippen molar-refractivity contribution < 1.29 is 23.9 Å². The molecule has 4 rings (SSSR count). The maximum absolute atomic E-state index is 13.3. The molecule has 0 N–H and O–H groups in total. The maximum atomic E-state index is 13.3. The number of carbonyl (C=O) groups is 3. The van der Waals surface area contributed by atoms with Crippen molar-refractivity contribution in [3.63, 3.8) is 0 Å². The molecule has 1 aliphatic rings. The predicted octanol–water partition coefficient (Wildman–Crippen LogP) is 3.68. The minimum Gasteiger partial charge on any atom is -0.496 e. The van der Waals surface area contributed by atoms with Crippen molar-refractivity contribution in [3.8, 4) is 11.5 Å². The number of amides is 2. The number of nitrogens with zero attached hydrogens (tertiary/aromatic N) is 1. The second-order valence-corrected chi connectivity index (χ2v) is 6.76. The summed E-state index contributed by atoms with van der Waals surface area (Å²) in [4.78, 5) is 40.5. The molecular weight excluding hydrogens is 382 g/mol. The molecule has 1 aliphatic heterocycles. The molecule has 0 aromatic heterocycles. The average molecular weight is 401 g/mol. The zero-order chi connectivity index (χ0) is 21.1. The van der Waals surface area contributed by atoms with Gasteiger partial charge in [0.15, 0.2) is 5.78 Å². The van der Waals surface area contributed by atoms with E-state index in [1.807, 2.05) is 6.07 Å². The van der Waals surface area contributed by atoms with Crippen molar-refractivity contribution in [2.24, 2.45) is 0 Å². The van der Waals surface area contributed by atoms with Gasteiger partial charge in [0.2, 0.25) is 6.10 Å². The van der Waals surface area contributed by atoms with Crippen LogP contribution in [0.2, 0.25) is 0 Å². The molecular formula is C24H19NO5. The Morgan fingerprint density at radius 3 is 2.37 bits per heavy atom. The fraction of sp³-hybridized carbons (Fsp3) is 0.125. The van der Waals surface area contributed by atoms with Crippen molar-refractivity contribution in [1.82, 2.24) is 4.90 Å². The third-order valence-electron chi connectivity index (χ3n) is 4.91. The monoisotopic (exact) mass is 401 g/mol. The highest BCUT2D eigenvalue weighted by atomic mass is 16.5. The Balaban J connectivity index is 1.74. The number of ether oxygens (including phenoxy) is 2. The molecule has 30 heavy (non-hydrogen) atoms. The topological polar surface area (TPSA) is 72.9 Å². The van der Waals surface area contributed by atoms with Crippen LogP contribution in [0.3, 0.4) is 0 Å². The Bertz CT molecular complexity index is 1110. The molecule has 150 valence electrons. The Kier molecular flexibility index (Phi) is 5.30. The van der Waals surface area contributed by atoms with Gasteiger partial charge in [-0.25, -0.2) is 0 Å². The van der Waals surface area contributed by atoms with Gasteiger partial charge >= 0.3 is 0 Å². The first-order valence-corrected chi connectivity index (χ1v) is 9.42. The lowest BCUT2D eigenvalue weighted by molar-refractivity contribution is -0.135. The zero-order valence-corrected chi connectivity index (χ0v) is 16.3. The Hall–Kier alpha value is -3.93. The van der Waals surface area contributed by atoms with Crippen molar-refractivity contribution in [3.05, 3.63) is 95.6 Å². The van der Waals surface area contributed by atoms with Gasteiger partial charge in [0.1, 0.15) is 11.5 Å². The summed E-state index contributed by atoms with van der Waals surface area (Å²) >= 11 is 0. The van der Waals surface area contributed by atoms with Crippen LogP contribution in [0, 0.1) is 0 Å². The van der Waals surface area contributed by atoms with Crippen molar-refractivity contribution in [2.45, 2.75) is 6.10 Å². The fourth-order valence-corrected chi connectivity index (χ4v) is 3.40. The fourth-order valence-electron chi connectivity index (χ4n) is 3.40. The van der Waals surface area contributed by atoms with Gasteiger partial charge in [0.25, 0.3) is 11.8 Å². The maximum Gasteiger partial charge on any atom is 0.275 e. The van der Waals surface area contributed by atoms with Gasteiger partial charge in [-0.05, 0) is 24.3 Å². The smallest absolute Gasteiger partial charge is 0.275 e. The first-order chi connectivity index (χ1) is 14.6. The Morgan fingerprint density at radius 1 is 0.933 bits per heavy atom. The van der Waals surface area contributed by atoms with E-state index >= 15 is 0 Å². The normalized spacial score (nSPS) is 15.8. The third kappa shape index (κ3) is 3.55. The van der Waals surface area contributed by atoms with E-state index in [0.717, 1.165) is 4.90 Å². The Labute approximate surface area is 173 Å². The lowest BCUT2D eigenvalue weighted by Crippen LogP contribution is -2.42. The summed E-state index contributed by atoms with van der Waals surface area (Å²) in [6.07, 6.45) is -1.04. The second kappa shape index (κ2) is 8.21. The molecule has 3 aromatic carbocycles. The molecule has 0 aliphatic carbocycles. The number of Topliss-reactive ketones (excluding diaryl/α,β-unsaturated/α-hetero) is 1. The second-order valence-electron chi connectivity index (χ2n) is 6.76. The minimum atomic E-state index is -1.04. The number of methoxy groups -OCH3 is 1. The molecule has 0 radical (unpaired) electrons. The average Bonchev–Trinajstić information content (AvgIpc) is 2.90. The van der Waals surface area contributed by atoms with Gasteiger partial charge in [-0.3, -0.25) is 19.3 Å². The molecule has 0 bridgehead atoms. The van der Waals surface area contributed by atoms with E-state index in [2.05, 4.69) is 0 Å². The van der Waals surface area contributed by atoms with E-state index in [0.29, 0.717) is 22.6 Å². The van der Waals surface area contributed by atoms with Crippen LogP contribution < -0.4 is 9.47 Å². The van der Waals surface area contributed by atoms with E-state index in [9.17, 15) is 14.4 Å². The largest absolute Gasteiger partial charge is 0.496 e. The van der Waals surface area contributed by atoms with Crippen LogP contribution in [-0.4, -0.2) is 36.2 Å². The van der Waals surface area contributed by atoms with Crippen molar-refractivity contribution >= 4 is 17.6 Å². The summed E-state index contributed by atoms with van der Waals surface area (Å²) in [7, 11) is 1.46. The van der Waals surface area contributed by atoms with Crippen LogP contribution in [0.15, 0.2) is 78.9 Å². The molecule has 6 heteroatoms. The minimum absolute atomic E-state index is 0.233. The van der Waals surface area contributed by atoms with E-state index in [-0.39, 0.29) is 5.56 Å². The van der Waals surface area contributed by atoms with Gasteiger partial charge in [-0.1, -0.05) is 54.6 Å². The summed E-state index contributed by atoms with van der Waals surface area (Å²) < 4.78 is 11.2. The van der Waals surface area contributed by atoms with Crippen molar-refractivity contribution in [1.29, 1.82) is 0 Å². The molecule has 1 heterocycles. The summed E-state index contributed by atoms with van der Waals surface area (Å²) in [6.45, 7) is -0.418. The summed E-state index contributed by atoms with van der Waals surface area (Å²) in [5.74, 6) is -0.881. The Morgan fingerprint density at radius 2 is 1.60 bits per heavy atom. The molecule has 1 atom stereocenters. The van der Waals surface area contributed by atoms with Crippen LogP contribution in [-0.2, 0) is 4.79 Å². The van der Waals surface area contributed by atoms with Crippen LogP contribution >= 0.6 is 0 Å². The molecule has 2 amide bonds. The summed E-state index contributed by atoms with van der Waals surface area (Å²) in [6, 6.07) is 22.2. The number of ketones is 1. The summed E-state index contributed by atoms with van der Waals surface area (Å²) in [5, 5.41) is 0. The number of hydrogen-bond acceptors (Lipinski definition) is 5. The van der Waals surface area contributed by atoms with Gasteiger partial charge in [-0.15, -0.1) is 0 Å². The SMILES string of the molecule is COc1ccccc1C(=O)CN1C(=O)c2ccccc2O[C@H](c2ccccc2)C1=O. The number of imide groups is 1. The van der Waals surface area contributed by atoms with Crippen LogP contribution in [0.25, 0.3) is 0 Å². The van der Waals surface area contributed by atoms with Gasteiger partial charge < -0.3 is 9.47 Å². The van der Waals surface area contributed by atoms with E-state index < -0.39 is 30.2 Å². The van der Waals surface area contributed by atoms with Gasteiger partial charge in [0.05, 0.1) is 24.8 Å². The van der Waals surface area contributed by atoms with Crippen LogP contribution in [0.4, 0.5) is 0 Å². The van der Waals surface area contributed by atoms with Crippen molar-refractivity contribution in [2.75, 3.05) is 13.7 Å². The molecule has 0 saturated heterocycles.